The summed E-state index contributed by atoms with van der Waals surface area (Å²) in [6, 6.07) is 6.42. The number of aryl methyl sites for hydroxylation is 1. The van der Waals surface area contributed by atoms with Gasteiger partial charge in [-0.15, -0.1) is 0 Å². The van der Waals surface area contributed by atoms with Gasteiger partial charge in [0.05, 0.1) is 5.92 Å². The summed E-state index contributed by atoms with van der Waals surface area (Å²) in [7, 11) is 0. The van der Waals surface area contributed by atoms with Crippen LogP contribution in [-0.4, -0.2) is 11.6 Å². The lowest BCUT2D eigenvalue weighted by Crippen LogP contribution is -2.20. The van der Waals surface area contributed by atoms with Crippen molar-refractivity contribution >= 4 is 11.6 Å². The van der Waals surface area contributed by atoms with E-state index in [1.54, 1.807) is 18.2 Å². The van der Waals surface area contributed by atoms with E-state index in [2.05, 4.69) is 0 Å². The predicted octanol–water partition coefficient (Wildman–Crippen LogP) is 2.55. The molecule has 1 rings (SSSR count). The van der Waals surface area contributed by atoms with E-state index in [4.69, 9.17) is 0 Å². The molecule has 0 aliphatic heterocycles. The molecule has 0 unspecified atom stereocenters. The van der Waals surface area contributed by atoms with Crippen molar-refractivity contribution < 1.29 is 14.0 Å². The SMILES string of the molecule is CC(=O)C(CCc1ccccc1F)C(C)=O. The van der Waals surface area contributed by atoms with Crippen LogP contribution in [0.1, 0.15) is 25.8 Å². The fourth-order valence-electron chi connectivity index (χ4n) is 1.69. The summed E-state index contributed by atoms with van der Waals surface area (Å²) < 4.78 is 13.3. The molecule has 0 aliphatic rings. The lowest BCUT2D eigenvalue weighted by Gasteiger charge is -2.10. The highest BCUT2D eigenvalue weighted by Crippen LogP contribution is 2.14. The van der Waals surface area contributed by atoms with Crippen molar-refractivity contribution in [3.63, 3.8) is 0 Å². The predicted molar refractivity (Wildman–Crippen MR) is 59.6 cm³/mol. The molecular formula is C13H15FO2. The molecule has 0 saturated carbocycles. The number of carbonyl (C=O) groups is 2. The first-order chi connectivity index (χ1) is 7.52. The van der Waals surface area contributed by atoms with Gasteiger partial charge in [0.2, 0.25) is 0 Å². The van der Waals surface area contributed by atoms with E-state index in [9.17, 15) is 14.0 Å². The third-order valence-electron chi connectivity index (χ3n) is 2.64. The first-order valence-electron chi connectivity index (χ1n) is 5.26. The number of hydrogen-bond donors (Lipinski definition) is 0. The fourth-order valence-corrected chi connectivity index (χ4v) is 1.69. The van der Waals surface area contributed by atoms with Gasteiger partial charge in [0, 0.05) is 0 Å². The molecule has 0 aliphatic carbocycles. The summed E-state index contributed by atoms with van der Waals surface area (Å²) in [5.41, 5.74) is 0.551. The second-order valence-corrected chi connectivity index (χ2v) is 3.90. The number of carbonyl (C=O) groups excluding carboxylic acids is 2. The monoisotopic (exact) mass is 222 g/mol. The Balaban J connectivity index is 2.66. The average Bonchev–Trinajstić information content (AvgIpc) is 2.20. The maximum Gasteiger partial charge on any atom is 0.140 e. The summed E-state index contributed by atoms with van der Waals surface area (Å²) in [6.45, 7) is 2.79. The van der Waals surface area contributed by atoms with Gasteiger partial charge in [-0.05, 0) is 38.3 Å². The molecule has 0 radical (unpaired) electrons. The molecule has 3 heteroatoms. The van der Waals surface area contributed by atoms with Gasteiger partial charge in [0.15, 0.2) is 0 Å². The van der Waals surface area contributed by atoms with E-state index in [-0.39, 0.29) is 17.4 Å². The molecule has 0 aromatic heterocycles. The van der Waals surface area contributed by atoms with Crippen LogP contribution in [0.15, 0.2) is 24.3 Å². The average molecular weight is 222 g/mol. The third kappa shape index (κ3) is 3.26. The van der Waals surface area contributed by atoms with Crippen molar-refractivity contribution in [1.29, 1.82) is 0 Å². The molecule has 0 N–H and O–H groups in total. The van der Waals surface area contributed by atoms with Crippen LogP contribution in [0.2, 0.25) is 0 Å². The minimum atomic E-state index is -0.598. The minimum absolute atomic E-state index is 0.149. The summed E-state index contributed by atoms with van der Waals surface area (Å²) in [4.78, 5) is 22.4. The number of halogens is 1. The Morgan fingerprint density at radius 1 is 1.19 bits per heavy atom. The molecule has 0 saturated heterocycles. The highest BCUT2D eigenvalue weighted by atomic mass is 19.1. The lowest BCUT2D eigenvalue weighted by atomic mass is 9.93. The van der Waals surface area contributed by atoms with Crippen LogP contribution in [0.3, 0.4) is 0 Å². The molecule has 0 amide bonds. The Bertz CT molecular complexity index is 385. The Morgan fingerprint density at radius 2 is 1.75 bits per heavy atom. The highest BCUT2D eigenvalue weighted by molar-refractivity contribution is 6.00. The van der Waals surface area contributed by atoms with Crippen LogP contribution < -0.4 is 0 Å². The van der Waals surface area contributed by atoms with Crippen LogP contribution in [-0.2, 0) is 16.0 Å². The van der Waals surface area contributed by atoms with Crippen molar-refractivity contribution in [2.45, 2.75) is 26.7 Å². The zero-order valence-electron chi connectivity index (χ0n) is 9.50. The Morgan fingerprint density at radius 3 is 2.25 bits per heavy atom. The van der Waals surface area contributed by atoms with Crippen molar-refractivity contribution in [3.8, 4) is 0 Å². The Labute approximate surface area is 94.5 Å². The molecule has 0 bridgehead atoms. The number of rotatable bonds is 5. The molecule has 1 aromatic rings. The van der Waals surface area contributed by atoms with Gasteiger partial charge in [-0.2, -0.15) is 0 Å². The van der Waals surface area contributed by atoms with E-state index in [1.165, 1.54) is 19.9 Å². The van der Waals surface area contributed by atoms with Gasteiger partial charge in [0.25, 0.3) is 0 Å². The van der Waals surface area contributed by atoms with Crippen LogP contribution >= 0.6 is 0 Å². The standard InChI is InChI=1S/C13H15FO2/c1-9(15)12(10(2)16)8-7-11-5-3-4-6-13(11)14/h3-6,12H,7-8H2,1-2H3. The van der Waals surface area contributed by atoms with Crippen molar-refractivity contribution in [1.82, 2.24) is 0 Å². The van der Waals surface area contributed by atoms with Crippen LogP contribution in [0, 0.1) is 11.7 Å². The number of hydrogen-bond acceptors (Lipinski definition) is 2. The van der Waals surface area contributed by atoms with E-state index in [0.717, 1.165) is 0 Å². The molecule has 0 fully saturated rings. The highest BCUT2D eigenvalue weighted by Gasteiger charge is 2.19. The van der Waals surface area contributed by atoms with E-state index in [1.807, 2.05) is 0 Å². The summed E-state index contributed by atoms with van der Waals surface area (Å²) in [6.07, 6.45) is 0.794. The van der Waals surface area contributed by atoms with E-state index >= 15 is 0 Å². The molecule has 0 spiro atoms. The zero-order valence-corrected chi connectivity index (χ0v) is 9.50. The minimum Gasteiger partial charge on any atom is -0.299 e. The lowest BCUT2D eigenvalue weighted by molar-refractivity contribution is -0.130. The van der Waals surface area contributed by atoms with Gasteiger partial charge in [-0.3, -0.25) is 9.59 Å². The smallest absolute Gasteiger partial charge is 0.140 e. The summed E-state index contributed by atoms with van der Waals surface area (Å²) in [5.74, 6) is -1.18. The molecule has 0 heterocycles. The molecule has 86 valence electrons. The van der Waals surface area contributed by atoms with Gasteiger partial charge in [0.1, 0.15) is 17.4 Å². The number of benzene rings is 1. The van der Waals surface area contributed by atoms with Crippen molar-refractivity contribution in [2.75, 3.05) is 0 Å². The first-order valence-corrected chi connectivity index (χ1v) is 5.26. The van der Waals surface area contributed by atoms with Gasteiger partial charge in [-0.1, -0.05) is 18.2 Å². The second kappa shape index (κ2) is 5.54. The molecule has 1 aromatic carbocycles. The van der Waals surface area contributed by atoms with Gasteiger partial charge in [-0.25, -0.2) is 4.39 Å². The zero-order chi connectivity index (χ0) is 12.1. The van der Waals surface area contributed by atoms with E-state index in [0.29, 0.717) is 18.4 Å². The molecular weight excluding hydrogens is 207 g/mol. The largest absolute Gasteiger partial charge is 0.299 e. The Kier molecular flexibility index (Phi) is 4.35. The van der Waals surface area contributed by atoms with Crippen LogP contribution in [0.5, 0.6) is 0 Å². The normalized spacial score (nSPS) is 10.5. The number of Topliss-reactive ketones (excluding diaryl/α,β-unsaturated/α-hetero) is 2. The van der Waals surface area contributed by atoms with Crippen LogP contribution in [0.25, 0.3) is 0 Å². The summed E-state index contributed by atoms with van der Waals surface area (Å²) in [5, 5.41) is 0. The van der Waals surface area contributed by atoms with Crippen molar-refractivity contribution in [2.24, 2.45) is 5.92 Å². The fraction of sp³-hybridized carbons (Fsp3) is 0.385. The molecule has 0 atom stereocenters. The van der Waals surface area contributed by atoms with Gasteiger partial charge < -0.3 is 0 Å². The quantitative estimate of drug-likeness (QED) is 0.717. The first kappa shape index (κ1) is 12.6. The molecule has 16 heavy (non-hydrogen) atoms. The van der Waals surface area contributed by atoms with E-state index < -0.39 is 5.92 Å². The maximum absolute atomic E-state index is 13.3. The third-order valence-corrected chi connectivity index (χ3v) is 2.64. The molecule has 2 nitrogen and oxygen atoms in total. The number of ketones is 2. The van der Waals surface area contributed by atoms with Crippen molar-refractivity contribution in [3.05, 3.63) is 35.6 Å². The van der Waals surface area contributed by atoms with Gasteiger partial charge >= 0.3 is 0 Å². The second-order valence-electron chi connectivity index (χ2n) is 3.90. The maximum atomic E-state index is 13.3. The topological polar surface area (TPSA) is 34.1 Å². The summed E-state index contributed by atoms with van der Waals surface area (Å²) >= 11 is 0. The Hall–Kier alpha value is -1.51. The van der Waals surface area contributed by atoms with Crippen LogP contribution in [0.4, 0.5) is 4.39 Å².